The highest BCUT2D eigenvalue weighted by Gasteiger charge is 2.17. The number of ether oxygens (including phenoxy) is 1. The van der Waals surface area contributed by atoms with Crippen molar-refractivity contribution in [3.63, 3.8) is 0 Å². The molecule has 1 fully saturated rings. The molecule has 0 N–H and O–H groups in total. The summed E-state index contributed by atoms with van der Waals surface area (Å²) in [4.78, 5) is 0. The molecule has 0 radical (unpaired) electrons. The van der Waals surface area contributed by atoms with Crippen LogP contribution >= 0.6 is 0 Å². The van der Waals surface area contributed by atoms with E-state index in [1.807, 2.05) is 6.92 Å². The van der Waals surface area contributed by atoms with E-state index >= 15 is 0 Å². The Balaban J connectivity index is 2.34. The quantitative estimate of drug-likeness (QED) is 0.565. The Kier molecular flexibility index (Phi) is 2.89. The molecule has 1 atom stereocenters. The molecule has 1 heterocycles. The van der Waals surface area contributed by atoms with E-state index in [0.717, 1.165) is 19.4 Å². The zero-order valence-corrected chi connectivity index (χ0v) is 7.23. The molecule has 0 aromatic rings. The zero-order chi connectivity index (χ0) is 8.27. The molecule has 0 aromatic heterocycles. The topological polar surface area (TPSA) is 9.23 Å². The van der Waals surface area contributed by atoms with Gasteiger partial charge in [0.1, 0.15) is 0 Å². The van der Waals surface area contributed by atoms with Crippen molar-refractivity contribution in [2.45, 2.75) is 32.3 Å². The molecule has 1 aliphatic heterocycles. The van der Waals surface area contributed by atoms with E-state index in [0.29, 0.717) is 6.10 Å². The first-order valence-corrected chi connectivity index (χ1v) is 4.14. The van der Waals surface area contributed by atoms with Crippen LogP contribution in [0.5, 0.6) is 0 Å². The molecule has 1 aliphatic rings. The van der Waals surface area contributed by atoms with Gasteiger partial charge in [0.05, 0.1) is 6.10 Å². The molecule has 62 valence electrons. The molecule has 0 aliphatic carbocycles. The second-order valence-corrected chi connectivity index (χ2v) is 3.29. The summed E-state index contributed by atoms with van der Waals surface area (Å²) >= 11 is 0. The van der Waals surface area contributed by atoms with Crippen LogP contribution < -0.4 is 0 Å². The summed E-state index contributed by atoms with van der Waals surface area (Å²) in [5.41, 5.74) is 2.36. The van der Waals surface area contributed by atoms with E-state index in [1.54, 1.807) is 0 Å². The van der Waals surface area contributed by atoms with Crippen LogP contribution in [0, 0.1) is 0 Å². The van der Waals surface area contributed by atoms with Crippen molar-refractivity contribution in [2.75, 3.05) is 6.61 Å². The summed E-state index contributed by atoms with van der Waals surface area (Å²) in [6, 6.07) is 0. The zero-order valence-electron chi connectivity index (χ0n) is 7.23. The maximum atomic E-state index is 5.47. The average Bonchev–Trinajstić information content (AvgIpc) is 2.35. The summed E-state index contributed by atoms with van der Waals surface area (Å²) in [5, 5.41) is 0. The fourth-order valence-electron chi connectivity index (χ4n) is 1.40. The van der Waals surface area contributed by atoms with E-state index in [-0.39, 0.29) is 0 Å². The van der Waals surface area contributed by atoms with Crippen LogP contribution in [0.15, 0.2) is 24.3 Å². The van der Waals surface area contributed by atoms with E-state index in [1.165, 1.54) is 17.6 Å². The van der Waals surface area contributed by atoms with Crippen molar-refractivity contribution in [1.29, 1.82) is 0 Å². The van der Waals surface area contributed by atoms with Gasteiger partial charge in [0.15, 0.2) is 0 Å². The van der Waals surface area contributed by atoms with Crippen LogP contribution in [0.2, 0.25) is 0 Å². The summed E-state index contributed by atoms with van der Waals surface area (Å²) in [7, 11) is 0. The Morgan fingerprint density at radius 2 is 2.27 bits per heavy atom. The number of allylic oxidation sites excluding steroid dienone is 1. The van der Waals surface area contributed by atoms with Gasteiger partial charge < -0.3 is 4.74 Å². The molecule has 0 bridgehead atoms. The summed E-state index contributed by atoms with van der Waals surface area (Å²) < 4.78 is 5.47. The highest BCUT2D eigenvalue weighted by atomic mass is 16.5. The largest absolute Gasteiger partial charge is 0.374 e. The first-order chi connectivity index (χ1) is 5.20. The molecule has 1 rings (SSSR count). The first kappa shape index (κ1) is 8.54. The fraction of sp³-hybridized carbons (Fsp3) is 0.600. The Bertz CT molecular complexity index is 164. The minimum atomic E-state index is 0.312. The third kappa shape index (κ3) is 2.51. The van der Waals surface area contributed by atoms with Gasteiger partial charge in [0.2, 0.25) is 0 Å². The van der Waals surface area contributed by atoms with Crippen LogP contribution in [0.25, 0.3) is 0 Å². The molecule has 0 spiro atoms. The summed E-state index contributed by atoms with van der Waals surface area (Å²) in [6.07, 6.45) is 3.56. The molecule has 1 heteroatoms. The van der Waals surface area contributed by atoms with E-state index in [4.69, 9.17) is 4.74 Å². The van der Waals surface area contributed by atoms with Crippen LogP contribution in [-0.2, 0) is 4.74 Å². The van der Waals surface area contributed by atoms with Gasteiger partial charge in [-0.3, -0.25) is 0 Å². The lowest BCUT2D eigenvalue weighted by molar-refractivity contribution is 0.136. The van der Waals surface area contributed by atoms with Gasteiger partial charge in [-0.25, -0.2) is 0 Å². The monoisotopic (exact) mass is 152 g/mol. The SMILES string of the molecule is C=C(C)CC(=C)C1CCCO1. The second kappa shape index (κ2) is 3.72. The van der Waals surface area contributed by atoms with E-state index in [9.17, 15) is 0 Å². The summed E-state index contributed by atoms with van der Waals surface area (Å²) in [6.45, 7) is 10.8. The third-order valence-electron chi connectivity index (χ3n) is 1.91. The van der Waals surface area contributed by atoms with Crippen molar-refractivity contribution in [3.8, 4) is 0 Å². The highest BCUT2D eigenvalue weighted by Crippen LogP contribution is 2.22. The van der Waals surface area contributed by atoms with Crippen molar-refractivity contribution in [1.82, 2.24) is 0 Å². The molecule has 11 heavy (non-hydrogen) atoms. The lowest BCUT2D eigenvalue weighted by Gasteiger charge is -2.12. The Labute approximate surface area is 68.8 Å². The van der Waals surface area contributed by atoms with Crippen LogP contribution in [0.1, 0.15) is 26.2 Å². The van der Waals surface area contributed by atoms with Crippen LogP contribution in [-0.4, -0.2) is 12.7 Å². The standard InChI is InChI=1S/C10H16O/c1-8(2)7-9(3)10-5-4-6-11-10/h10H,1,3-7H2,2H3. The van der Waals surface area contributed by atoms with Crippen molar-refractivity contribution in [2.24, 2.45) is 0 Å². The minimum absolute atomic E-state index is 0.312. The Morgan fingerprint density at radius 3 is 2.73 bits per heavy atom. The predicted octanol–water partition coefficient (Wildman–Crippen LogP) is 2.69. The van der Waals surface area contributed by atoms with Gasteiger partial charge in [-0.15, -0.1) is 0 Å². The molecule has 1 unspecified atom stereocenters. The van der Waals surface area contributed by atoms with Gasteiger partial charge in [0, 0.05) is 6.61 Å². The number of hydrogen-bond acceptors (Lipinski definition) is 1. The maximum absolute atomic E-state index is 5.47. The van der Waals surface area contributed by atoms with Crippen molar-refractivity contribution < 1.29 is 4.74 Å². The highest BCUT2D eigenvalue weighted by molar-refractivity contribution is 5.12. The lowest BCUT2D eigenvalue weighted by atomic mass is 10.0. The average molecular weight is 152 g/mol. The molecule has 0 aromatic carbocycles. The molecular formula is C10H16O. The van der Waals surface area contributed by atoms with Crippen LogP contribution in [0.3, 0.4) is 0 Å². The van der Waals surface area contributed by atoms with E-state index < -0.39 is 0 Å². The fourth-order valence-corrected chi connectivity index (χ4v) is 1.40. The number of rotatable bonds is 3. The molecule has 1 saturated heterocycles. The van der Waals surface area contributed by atoms with Gasteiger partial charge in [-0.2, -0.15) is 0 Å². The smallest absolute Gasteiger partial charge is 0.0786 e. The van der Waals surface area contributed by atoms with E-state index in [2.05, 4.69) is 13.2 Å². The second-order valence-electron chi connectivity index (χ2n) is 3.29. The predicted molar refractivity (Wildman–Crippen MR) is 47.5 cm³/mol. The molecular weight excluding hydrogens is 136 g/mol. The third-order valence-corrected chi connectivity index (χ3v) is 1.91. The van der Waals surface area contributed by atoms with Gasteiger partial charge >= 0.3 is 0 Å². The van der Waals surface area contributed by atoms with Gasteiger partial charge in [-0.1, -0.05) is 18.7 Å². The molecule has 0 saturated carbocycles. The van der Waals surface area contributed by atoms with Crippen molar-refractivity contribution in [3.05, 3.63) is 24.3 Å². The summed E-state index contributed by atoms with van der Waals surface area (Å²) in [5.74, 6) is 0. The Morgan fingerprint density at radius 1 is 1.55 bits per heavy atom. The molecule has 0 amide bonds. The van der Waals surface area contributed by atoms with Gasteiger partial charge in [-0.05, 0) is 31.8 Å². The normalized spacial score (nSPS) is 23.5. The number of hydrogen-bond donors (Lipinski definition) is 0. The van der Waals surface area contributed by atoms with Gasteiger partial charge in [0.25, 0.3) is 0 Å². The maximum Gasteiger partial charge on any atom is 0.0786 e. The Hall–Kier alpha value is -0.560. The minimum Gasteiger partial charge on any atom is -0.374 e. The first-order valence-electron chi connectivity index (χ1n) is 4.14. The van der Waals surface area contributed by atoms with Crippen LogP contribution in [0.4, 0.5) is 0 Å². The lowest BCUT2D eigenvalue weighted by Crippen LogP contribution is -2.07. The molecule has 1 nitrogen and oxygen atoms in total. The van der Waals surface area contributed by atoms with Crippen molar-refractivity contribution >= 4 is 0 Å².